The van der Waals surface area contributed by atoms with E-state index in [0.29, 0.717) is 13.0 Å². The average molecular weight is 291 g/mol. The normalized spacial score (nSPS) is 23.4. The van der Waals surface area contributed by atoms with Crippen molar-refractivity contribution in [2.45, 2.75) is 13.3 Å². The second-order valence-electron chi connectivity index (χ2n) is 4.69. The molecule has 7 heteroatoms. The summed E-state index contributed by atoms with van der Waals surface area (Å²) in [5.41, 5.74) is -0.602. The van der Waals surface area contributed by atoms with Gasteiger partial charge in [0, 0.05) is 13.1 Å². The Bertz CT molecular complexity index is 495. The third-order valence-corrected chi connectivity index (χ3v) is 3.93. The lowest BCUT2D eigenvalue weighted by atomic mass is 9.90. The van der Waals surface area contributed by atoms with E-state index in [0.717, 1.165) is 0 Å². The molecule has 1 aliphatic heterocycles. The van der Waals surface area contributed by atoms with Gasteiger partial charge >= 0.3 is 5.97 Å². The van der Waals surface area contributed by atoms with E-state index in [-0.39, 0.29) is 28.3 Å². The molecule has 0 spiro atoms. The van der Waals surface area contributed by atoms with Crippen molar-refractivity contribution in [2.75, 3.05) is 13.1 Å². The number of nitrogens with one attached hydrogen (secondary N) is 1. The smallest absolute Gasteiger partial charge is 0.311 e. The van der Waals surface area contributed by atoms with Gasteiger partial charge in [-0.1, -0.05) is 23.2 Å². The molecule has 0 aromatic carbocycles. The van der Waals surface area contributed by atoms with Crippen LogP contribution in [0.5, 0.6) is 0 Å². The lowest BCUT2D eigenvalue weighted by Crippen LogP contribution is -2.35. The van der Waals surface area contributed by atoms with Gasteiger partial charge in [-0.05, 0) is 19.4 Å². The number of hydrogen-bond acceptors (Lipinski definition) is 2. The molecular formula is C11H12Cl2N2O3. The summed E-state index contributed by atoms with van der Waals surface area (Å²) in [7, 11) is 0. The predicted octanol–water partition coefficient (Wildman–Crippen LogP) is 2.26. The molecule has 0 bridgehead atoms. The Morgan fingerprint density at radius 3 is 2.61 bits per heavy atom. The second kappa shape index (κ2) is 4.48. The van der Waals surface area contributed by atoms with Crippen LogP contribution in [0.3, 0.4) is 0 Å². The average Bonchev–Trinajstić information content (AvgIpc) is 2.84. The van der Waals surface area contributed by atoms with Crippen LogP contribution in [-0.4, -0.2) is 40.0 Å². The maximum Gasteiger partial charge on any atom is 0.311 e. The van der Waals surface area contributed by atoms with Gasteiger partial charge in [0.05, 0.1) is 10.4 Å². The van der Waals surface area contributed by atoms with E-state index in [1.54, 1.807) is 6.92 Å². The van der Waals surface area contributed by atoms with Crippen molar-refractivity contribution in [3.05, 3.63) is 21.9 Å². The van der Waals surface area contributed by atoms with Gasteiger partial charge in [0.2, 0.25) is 0 Å². The first-order chi connectivity index (χ1) is 8.33. The molecule has 2 rings (SSSR count). The van der Waals surface area contributed by atoms with Crippen molar-refractivity contribution in [1.29, 1.82) is 0 Å². The zero-order valence-corrected chi connectivity index (χ0v) is 11.2. The minimum absolute atomic E-state index is 0.190. The van der Waals surface area contributed by atoms with E-state index in [2.05, 4.69) is 4.98 Å². The van der Waals surface area contributed by atoms with Gasteiger partial charge in [-0.2, -0.15) is 0 Å². The van der Waals surface area contributed by atoms with E-state index in [1.165, 1.54) is 11.0 Å². The van der Waals surface area contributed by atoms with Crippen LogP contribution in [0.25, 0.3) is 0 Å². The fraction of sp³-hybridized carbons (Fsp3) is 0.455. The number of aromatic amines is 1. The van der Waals surface area contributed by atoms with Crippen LogP contribution in [0, 0.1) is 5.41 Å². The number of carbonyl (C=O) groups is 2. The standard InChI is InChI=1S/C11H12Cl2N2O3/c1-11(10(17)18)2-3-15(5-11)9(16)7-4-6(12)8(13)14-7/h4,14H,2-3,5H2,1H3,(H,17,18). The van der Waals surface area contributed by atoms with Gasteiger partial charge in [-0.3, -0.25) is 9.59 Å². The van der Waals surface area contributed by atoms with Crippen molar-refractivity contribution < 1.29 is 14.7 Å². The van der Waals surface area contributed by atoms with Crippen molar-refractivity contribution in [1.82, 2.24) is 9.88 Å². The topological polar surface area (TPSA) is 73.4 Å². The highest BCUT2D eigenvalue weighted by molar-refractivity contribution is 6.41. The van der Waals surface area contributed by atoms with E-state index in [9.17, 15) is 9.59 Å². The lowest BCUT2D eigenvalue weighted by Gasteiger charge is -2.19. The Balaban J connectivity index is 2.15. The van der Waals surface area contributed by atoms with Crippen molar-refractivity contribution in [3.63, 3.8) is 0 Å². The largest absolute Gasteiger partial charge is 0.481 e. The molecule has 1 saturated heterocycles. The molecule has 0 aliphatic carbocycles. The number of nitrogens with zero attached hydrogens (tertiary/aromatic N) is 1. The molecule has 0 radical (unpaired) electrons. The highest BCUT2D eigenvalue weighted by Gasteiger charge is 2.42. The maximum atomic E-state index is 12.1. The highest BCUT2D eigenvalue weighted by Crippen LogP contribution is 2.31. The maximum absolute atomic E-state index is 12.1. The minimum atomic E-state index is -0.889. The van der Waals surface area contributed by atoms with Gasteiger partial charge < -0.3 is 15.0 Å². The first kappa shape index (κ1) is 13.2. The second-order valence-corrected chi connectivity index (χ2v) is 5.47. The summed E-state index contributed by atoms with van der Waals surface area (Å²) >= 11 is 11.5. The summed E-state index contributed by atoms with van der Waals surface area (Å²) in [5, 5.41) is 9.59. The van der Waals surface area contributed by atoms with E-state index in [4.69, 9.17) is 28.3 Å². The number of carboxylic acid groups (broad SMARTS) is 1. The number of carbonyl (C=O) groups excluding carboxylic acids is 1. The molecule has 2 N–H and O–H groups in total. The molecule has 1 fully saturated rings. The predicted molar refractivity (Wildman–Crippen MR) is 67.1 cm³/mol. The Kier molecular flexibility index (Phi) is 3.29. The first-order valence-corrected chi connectivity index (χ1v) is 6.16. The van der Waals surface area contributed by atoms with Crippen LogP contribution in [0.2, 0.25) is 10.2 Å². The van der Waals surface area contributed by atoms with Gasteiger partial charge in [0.1, 0.15) is 10.8 Å². The lowest BCUT2D eigenvalue weighted by molar-refractivity contribution is -0.147. The fourth-order valence-electron chi connectivity index (χ4n) is 2.00. The quantitative estimate of drug-likeness (QED) is 0.877. The molecule has 1 aliphatic rings. The SMILES string of the molecule is CC1(C(=O)O)CCN(C(=O)c2cc(Cl)c(Cl)[nH]2)C1. The number of H-pyrrole nitrogens is 1. The third kappa shape index (κ3) is 2.20. The summed E-state index contributed by atoms with van der Waals surface area (Å²) in [6.07, 6.45) is 0.441. The summed E-state index contributed by atoms with van der Waals surface area (Å²) in [4.78, 5) is 27.4. The van der Waals surface area contributed by atoms with Crippen LogP contribution >= 0.6 is 23.2 Å². The number of rotatable bonds is 2. The van der Waals surface area contributed by atoms with Crippen LogP contribution in [0.1, 0.15) is 23.8 Å². The molecule has 0 saturated carbocycles. The molecular weight excluding hydrogens is 279 g/mol. The number of aliphatic carboxylic acids is 1. The number of aromatic nitrogens is 1. The van der Waals surface area contributed by atoms with Crippen LogP contribution < -0.4 is 0 Å². The highest BCUT2D eigenvalue weighted by atomic mass is 35.5. The summed E-state index contributed by atoms with van der Waals surface area (Å²) < 4.78 is 0. The van der Waals surface area contributed by atoms with Crippen LogP contribution in [0.4, 0.5) is 0 Å². The van der Waals surface area contributed by atoms with Crippen molar-refractivity contribution in [2.24, 2.45) is 5.41 Å². The minimum Gasteiger partial charge on any atom is -0.481 e. The molecule has 5 nitrogen and oxygen atoms in total. The molecule has 1 aromatic heterocycles. The molecule has 2 heterocycles. The van der Waals surface area contributed by atoms with E-state index >= 15 is 0 Å². The molecule has 1 aromatic rings. The zero-order chi connectivity index (χ0) is 13.5. The van der Waals surface area contributed by atoms with Gasteiger partial charge in [-0.25, -0.2) is 0 Å². The molecule has 1 unspecified atom stereocenters. The Morgan fingerprint density at radius 2 is 2.17 bits per heavy atom. The fourth-order valence-corrected chi connectivity index (χ4v) is 2.31. The number of amides is 1. The summed E-state index contributed by atoms with van der Waals surface area (Å²) in [6.45, 7) is 2.24. The Labute approximate surface area is 114 Å². The van der Waals surface area contributed by atoms with E-state index in [1.807, 2.05) is 0 Å². The molecule has 18 heavy (non-hydrogen) atoms. The Morgan fingerprint density at radius 1 is 1.50 bits per heavy atom. The Hall–Kier alpha value is -1.20. The number of carboxylic acids is 1. The first-order valence-electron chi connectivity index (χ1n) is 5.40. The summed E-state index contributed by atoms with van der Waals surface area (Å²) in [6, 6.07) is 1.45. The van der Waals surface area contributed by atoms with Gasteiger partial charge in [0.25, 0.3) is 5.91 Å². The monoisotopic (exact) mass is 290 g/mol. The van der Waals surface area contributed by atoms with Crippen LogP contribution in [0.15, 0.2) is 6.07 Å². The van der Waals surface area contributed by atoms with E-state index < -0.39 is 11.4 Å². The van der Waals surface area contributed by atoms with Gasteiger partial charge in [0.15, 0.2) is 0 Å². The van der Waals surface area contributed by atoms with Crippen molar-refractivity contribution >= 4 is 35.1 Å². The number of hydrogen-bond donors (Lipinski definition) is 2. The van der Waals surface area contributed by atoms with Crippen LogP contribution in [-0.2, 0) is 4.79 Å². The third-order valence-electron chi connectivity index (χ3n) is 3.23. The van der Waals surface area contributed by atoms with Gasteiger partial charge in [-0.15, -0.1) is 0 Å². The molecule has 1 amide bonds. The van der Waals surface area contributed by atoms with Crippen molar-refractivity contribution in [3.8, 4) is 0 Å². The zero-order valence-electron chi connectivity index (χ0n) is 9.67. The molecule has 1 atom stereocenters. The number of halogens is 2. The summed E-state index contributed by atoms with van der Waals surface area (Å²) in [5.74, 6) is -1.17. The number of likely N-dealkylation sites (tertiary alicyclic amines) is 1. The molecule has 98 valence electrons.